The summed E-state index contributed by atoms with van der Waals surface area (Å²) in [7, 11) is 1.25. The van der Waals surface area contributed by atoms with E-state index >= 15 is 0 Å². The second-order valence-electron chi connectivity index (χ2n) is 3.58. The maximum absolute atomic E-state index is 11.5. The van der Waals surface area contributed by atoms with Gasteiger partial charge in [-0.25, -0.2) is 14.8 Å². The molecule has 0 radical (unpaired) electrons. The smallest absolute Gasteiger partial charge is 0.337 e. The van der Waals surface area contributed by atoms with Gasteiger partial charge in [0.1, 0.15) is 11.4 Å². The summed E-state index contributed by atoms with van der Waals surface area (Å²) in [5, 5.41) is 11.6. The molecule has 0 amide bonds. The van der Waals surface area contributed by atoms with Crippen LogP contribution < -0.4 is 0 Å². The SMILES string of the molecule is COC(=O)c1ccc([N+](=O)[O-])c(Sc2ccncn2)c1. The van der Waals surface area contributed by atoms with Gasteiger partial charge < -0.3 is 4.74 Å². The minimum absolute atomic E-state index is 0.0961. The van der Waals surface area contributed by atoms with Crippen molar-refractivity contribution in [1.29, 1.82) is 0 Å². The number of methoxy groups -OCH3 is 1. The number of hydrogen-bond donors (Lipinski definition) is 0. The van der Waals surface area contributed by atoms with Crippen molar-refractivity contribution in [3.63, 3.8) is 0 Å². The van der Waals surface area contributed by atoms with Crippen LogP contribution in [0.4, 0.5) is 5.69 Å². The lowest BCUT2D eigenvalue weighted by Gasteiger charge is -2.04. The molecule has 0 aliphatic heterocycles. The van der Waals surface area contributed by atoms with Crippen LogP contribution in [0.3, 0.4) is 0 Å². The Morgan fingerprint density at radius 1 is 1.40 bits per heavy atom. The number of carbonyl (C=O) groups is 1. The highest BCUT2D eigenvalue weighted by molar-refractivity contribution is 7.99. The molecule has 0 N–H and O–H groups in total. The molecule has 0 saturated carbocycles. The van der Waals surface area contributed by atoms with Crippen molar-refractivity contribution in [3.05, 3.63) is 52.5 Å². The Kier molecular flexibility index (Phi) is 4.26. The lowest BCUT2D eigenvalue weighted by molar-refractivity contribution is -0.387. The minimum Gasteiger partial charge on any atom is -0.465 e. The van der Waals surface area contributed by atoms with Crippen molar-refractivity contribution in [2.75, 3.05) is 7.11 Å². The van der Waals surface area contributed by atoms with Crippen LogP contribution in [-0.2, 0) is 4.74 Å². The maximum atomic E-state index is 11.5. The molecule has 0 aliphatic rings. The molecule has 0 saturated heterocycles. The van der Waals surface area contributed by atoms with Gasteiger partial charge in [-0.3, -0.25) is 10.1 Å². The Bertz CT molecular complexity index is 648. The minimum atomic E-state index is -0.551. The fourth-order valence-corrected chi connectivity index (χ4v) is 2.33. The number of nitro groups is 1. The fraction of sp³-hybridized carbons (Fsp3) is 0.0833. The normalized spacial score (nSPS) is 10.1. The van der Waals surface area contributed by atoms with E-state index in [0.29, 0.717) is 9.92 Å². The molecule has 102 valence electrons. The highest BCUT2D eigenvalue weighted by Gasteiger charge is 2.18. The first kappa shape index (κ1) is 13.9. The largest absolute Gasteiger partial charge is 0.465 e. The van der Waals surface area contributed by atoms with Crippen molar-refractivity contribution >= 4 is 23.4 Å². The van der Waals surface area contributed by atoms with Crippen LogP contribution in [0.15, 0.2) is 46.7 Å². The van der Waals surface area contributed by atoms with Crippen molar-refractivity contribution in [1.82, 2.24) is 9.97 Å². The first-order valence-electron chi connectivity index (χ1n) is 5.42. The Morgan fingerprint density at radius 3 is 2.80 bits per heavy atom. The molecule has 0 atom stereocenters. The van der Waals surface area contributed by atoms with Gasteiger partial charge in [-0.2, -0.15) is 0 Å². The third-order valence-corrected chi connectivity index (χ3v) is 3.34. The third kappa shape index (κ3) is 3.09. The molecule has 0 spiro atoms. The van der Waals surface area contributed by atoms with Crippen molar-refractivity contribution in [2.24, 2.45) is 0 Å². The Hall–Kier alpha value is -2.48. The van der Waals surface area contributed by atoms with Gasteiger partial charge in [0, 0.05) is 12.3 Å². The first-order valence-corrected chi connectivity index (χ1v) is 6.24. The molecule has 8 heteroatoms. The molecular weight excluding hydrogens is 282 g/mol. The molecule has 2 aromatic rings. The van der Waals surface area contributed by atoms with Crippen molar-refractivity contribution in [3.8, 4) is 0 Å². The van der Waals surface area contributed by atoms with Crippen LogP contribution in [0.2, 0.25) is 0 Å². The molecule has 0 aliphatic carbocycles. The number of ether oxygens (including phenoxy) is 1. The van der Waals surface area contributed by atoms with E-state index in [-0.39, 0.29) is 11.3 Å². The van der Waals surface area contributed by atoms with Gasteiger partial charge in [-0.15, -0.1) is 0 Å². The number of aromatic nitrogens is 2. The zero-order valence-corrected chi connectivity index (χ0v) is 11.2. The number of esters is 1. The maximum Gasteiger partial charge on any atom is 0.337 e. The second kappa shape index (κ2) is 6.11. The number of hydrogen-bond acceptors (Lipinski definition) is 7. The van der Waals surface area contributed by atoms with Gasteiger partial charge in [-0.05, 0) is 18.2 Å². The summed E-state index contributed by atoms with van der Waals surface area (Å²) in [6.45, 7) is 0. The van der Waals surface area contributed by atoms with E-state index in [2.05, 4.69) is 14.7 Å². The summed E-state index contributed by atoms with van der Waals surface area (Å²) < 4.78 is 4.60. The number of benzene rings is 1. The Labute approximate surface area is 118 Å². The van der Waals surface area contributed by atoms with Crippen molar-refractivity contribution < 1.29 is 14.5 Å². The van der Waals surface area contributed by atoms with E-state index in [4.69, 9.17) is 0 Å². The van der Waals surface area contributed by atoms with Gasteiger partial charge in [0.2, 0.25) is 0 Å². The van der Waals surface area contributed by atoms with Crippen LogP contribution in [-0.4, -0.2) is 28.0 Å². The molecule has 0 fully saturated rings. The summed E-state index contributed by atoms with van der Waals surface area (Å²) in [5.74, 6) is -0.551. The number of nitrogens with zero attached hydrogens (tertiary/aromatic N) is 3. The number of nitro benzene ring substituents is 1. The average molecular weight is 291 g/mol. The summed E-state index contributed by atoms with van der Waals surface area (Å²) >= 11 is 1.08. The van der Waals surface area contributed by atoms with E-state index in [0.717, 1.165) is 11.8 Å². The topological polar surface area (TPSA) is 95.2 Å². The highest BCUT2D eigenvalue weighted by atomic mass is 32.2. The van der Waals surface area contributed by atoms with E-state index in [1.807, 2.05) is 0 Å². The third-order valence-electron chi connectivity index (χ3n) is 2.35. The standard InChI is InChI=1S/C12H9N3O4S/c1-19-12(16)8-2-3-9(15(17)18)10(6-8)20-11-4-5-13-7-14-11/h2-7H,1H3. The molecule has 1 heterocycles. The fourth-order valence-electron chi connectivity index (χ4n) is 1.44. The van der Waals surface area contributed by atoms with Gasteiger partial charge in [0.25, 0.3) is 5.69 Å². The van der Waals surface area contributed by atoms with Crippen LogP contribution >= 0.6 is 11.8 Å². The highest BCUT2D eigenvalue weighted by Crippen LogP contribution is 2.34. The number of rotatable bonds is 4. The predicted molar refractivity (Wildman–Crippen MR) is 70.6 cm³/mol. The van der Waals surface area contributed by atoms with Gasteiger partial charge in [0.05, 0.1) is 22.5 Å². The summed E-state index contributed by atoms with van der Waals surface area (Å²) in [4.78, 5) is 30.0. The lowest BCUT2D eigenvalue weighted by atomic mass is 10.2. The zero-order chi connectivity index (χ0) is 14.5. The predicted octanol–water partition coefficient (Wildman–Crippen LogP) is 2.32. The molecular formula is C12H9N3O4S. The van der Waals surface area contributed by atoms with Crippen LogP contribution in [0.25, 0.3) is 0 Å². The monoisotopic (exact) mass is 291 g/mol. The van der Waals surface area contributed by atoms with Crippen molar-refractivity contribution in [2.45, 2.75) is 9.92 Å². The van der Waals surface area contributed by atoms with E-state index in [9.17, 15) is 14.9 Å². The number of carbonyl (C=O) groups excluding carboxylic acids is 1. The van der Waals surface area contributed by atoms with Crippen LogP contribution in [0, 0.1) is 10.1 Å². The molecule has 2 rings (SSSR count). The Morgan fingerprint density at radius 2 is 2.20 bits per heavy atom. The molecule has 1 aromatic heterocycles. The second-order valence-corrected chi connectivity index (χ2v) is 4.64. The summed E-state index contributed by atoms with van der Waals surface area (Å²) in [6, 6.07) is 5.67. The van der Waals surface area contributed by atoms with E-state index in [1.165, 1.54) is 37.8 Å². The van der Waals surface area contributed by atoms with Gasteiger partial charge >= 0.3 is 5.97 Å². The van der Waals surface area contributed by atoms with E-state index in [1.54, 1.807) is 6.07 Å². The van der Waals surface area contributed by atoms with E-state index < -0.39 is 10.9 Å². The van der Waals surface area contributed by atoms with Gasteiger partial charge in [0.15, 0.2) is 0 Å². The first-order chi connectivity index (χ1) is 9.61. The van der Waals surface area contributed by atoms with Crippen LogP contribution in [0.1, 0.15) is 10.4 Å². The lowest BCUT2D eigenvalue weighted by Crippen LogP contribution is -2.02. The molecule has 1 aromatic carbocycles. The summed E-state index contributed by atoms with van der Waals surface area (Å²) in [6.07, 6.45) is 2.88. The molecule has 0 bridgehead atoms. The quantitative estimate of drug-likeness (QED) is 0.369. The van der Waals surface area contributed by atoms with Crippen LogP contribution in [0.5, 0.6) is 0 Å². The zero-order valence-electron chi connectivity index (χ0n) is 10.3. The Balaban J connectivity index is 2.42. The van der Waals surface area contributed by atoms with Gasteiger partial charge in [-0.1, -0.05) is 11.8 Å². The average Bonchev–Trinajstić information content (AvgIpc) is 2.47. The molecule has 7 nitrogen and oxygen atoms in total. The molecule has 20 heavy (non-hydrogen) atoms. The molecule has 0 unspecified atom stereocenters. The summed E-state index contributed by atoms with van der Waals surface area (Å²) in [5.41, 5.74) is 0.149.